The second-order valence-corrected chi connectivity index (χ2v) is 9.00. The maximum absolute atomic E-state index is 13.1. The Labute approximate surface area is 194 Å². The van der Waals surface area contributed by atoms with Gasteiger partial charge >= 0.3 is 0 Å². The summed E-state index contributed by atoms with van der Waals surface area (Å²) in [5.41, 5.74) is 6.06. The summed E-state index contributed by atoms with van der Waals surface area (Å²) < 4.78 is 0. The van der Waals surface area contributed by atoms with Gasteiger partial charge in [0.05, 0.1) is 0 Å². The highest BCUT2D eigenvalue weighted by Gasteiger charge is 2.25. The monoisotopic (exact) mass is 446 g/mol. The van der Waals surface area contributed by atoms with E-state index in [1.807, 2.05) is 31.2 Å². The molecule has 1 N–H and O–H groups in total. The van der Waals surface area contributed by atoms with Crippen LogP contribution >= 0.6 is 11.6 Å². The van der Waals surface area contributed by atoms with Gasteiger partial charge in [-0.15, -0.1) is 0 Å². The Morgan fingerprint density at radius 2 is 1.78 bits per heavy atom. The molecule has 1 aliphatic rings. The lowest BCUT2D eigenvalue weighted by Crippen LogP contribution is -2.35. The Morgan fingerprint density at radius 3 is 2.53 bits per heavy atom. The summed E-state index contributed by atoms with van der Waals surface area (Å²) in [6.45, 7) is 6.89. The first-order valence-electron chi connectivity index (χ1n) is 11.0. The lowest BCUT2D eigenvalue weighted by Gasteiger charge is -2.30. The lowest BCUT2D eigenvalue weighted by atomic mass is 9.96. The molecule has 4 rings (SSSR count). The van der Waals surface area contributed by atoms with E-state index in [9.17, 15) is 9.59 Å². The van der Waals surface area contributed by atoms with Gasteiger partial charge in [0.2, 0.25) is 0 Å². The molecule has 0 spiro atoms. The van der Waals surface area contributed by atoms with Crippen LogP contribution in [-0.4, -0.2) is 18.4 Å². The Hall–Kier alpha value is -3.11. The van der Waals surface area contributed by atoms with Crippen molar-refractivity contribution in [1.29, 1.82) is 0 Å². The third-order valence-corrected chi connectivity index (χ3v) is 6.18. The van der Waals surface area contributed by atoms with Crippen LogP contribution in [-0.2, 0) is 6.42 Å². The van der Waals surface area contributed by atoms with Crippen LogP contribution in [0.3, 0.4) is 0 Å². The van der Waals surface area contributed by atoms with Crippen molar-refractivity contribution in [3.05, 3.63) is 93.5 Å². The maximum Gasteiger partial charge on any atom is 0.258 e. The van der Waals surface area contributed by atoms with Gasteiger partial charge < -0.3 is 10.2 Å². The number of anilines is 2. The predicted molar refractivity (Wildman–Crippen MR) is 131 cm³/mol. The van der Waals surface area contributed by atoms with Crippen LogP contribution in [0, 0.1) is 6.92 Å². The molecule has 3 aromatic carbocycles. The summed E-state index contributed by atoms with van der Waals surface area (Å²) in [6.07, 6.45) is 1.68. The number of benzene rings is 3. The highest BCUT2D eigenvalue weighted by Crippen LogP contribution is 2.31. The van der Waals surface area contributed by atoms with E-state index in [4.69, 9.17) is 11.6 Å². The van der Waals surface area contributed by atoms with E-state index in [2.05, 4.69) is 25.2 Å². The molecule has 1 aliphatic heterocycles. The Bertz CT molecular complexity index is 1190. The number of carbonyl (C=O) groups is 2. The summed E-state index contributed by atoms with van der Waals surface area (Å²) in [7, 11) is 0. The molecule has 1 heterocycles. The molecular formula is C27H27ClN2O2. The SMILES string of the molecule is Cc1cccc(C(C)C)c1NC(=O)c1ccc2c(c1)CCCN2C(=O)c1cccc(Cl)c1. The molecule has 0 fully saturated rings. The average Bonchev–Trinajstić information content (AvgIpc) is 2.78. The lowest BCUT2D eigenvalue weighted by molar-refractivity contribution is 0.0984. The van der Waals surface area contributed by atoms with E-state index in [0.717, 1.165) is 40.9 Å². The molecule has 0 aliphatic carbocycles. The van der Waals surface area contributed by atoms with Gasteiger partial charge in [-0.1, -0.05) is 49.7 Å². The Balaban J connectivity index is 1.61. The van der Waals surface area contributed by atoms with Crippen LogP contribution in [0.25, 0.3) is 0 Å². The van der Waals surface area contributed by atoms with Crippen LogP contribution < -0.4 is 10.2 Å². The zero-order valence-corrected chi connectivity index (χ0v) is 19.4. The molecule has 0 bridgehead atoms. The molecule has 164 valence electrons. The number of hydrogen-bond acceptors (Lipinski definition) is 2. The van der Waals surface area contributed by atoms with Gasteiger partial charge in [0, 0.05) is 34.1 Å². The summed E-state index contributed by atoms with van der Waals surface area (Å²) >= 11 is 6.08. The number of rotatable bonds is 4. The number of amides is 2. The number of carbonyl (C=O) groups excluding carboxylic acids is 2. The maximum atomic E-state index is 13.1. The van der Waals surface area contributed by atoms with Crippen LogP contribution in [0.1, 0.15) is 63.6 Å². The molecule has 3 aromatic rings. The minimum Gasteiger partial charge on any atom is -0.321 e. The molecule has 4 nitrogen and oxygen atoms in total. The number of fused-ring (bicyclic) bond motifs is 1. The molecule has 0 radical (unpaired) electrons. The van der Waals surface area contributed by atoms with Gasteiger partial charge in [-0.05, 0) is 78.8 Å². The zero-order chi connectivity index (χ0) is 22.8. The van der Waals surface area contributed by atoms with E-state index in [1.54, 1.807) is 35.2 Å². The third kappa shape index (κ3) is 4.42. The molecule has 2 amide bonds. The van der Waals surface area contributed by atoms with Gasteiger partial charge in [0.1, 0.15) is 0 Å². The van der Waals surface area contributed by atoms with Crippen molar-refractivity contribution >= 4 is 34.8 Å². The standard InChI is InChI=1S/C27H27ClN2O2/c1-17(2)23-11-4-7-18(3)25(23)29-26(31)20-12-13-24-19(15-20)9-6-14-30(24)27(32)21-8-5-10-22(28)16-21/h4-5,7-8,10-13,15-17H,6,9,14H2,1-3H3,(H,29,31). The number of nitrogens with one attached hydrogen (secondary N) is 1. The second kappa shape index (κ2) is 9.17. The number of halogens is 1. The number of para-hydroxylation sites is 1. The van der Waals surface area contributed by atoms with Crippen LogP contribution in [0.4, 0.5) is 11.4 Å². The zero-order valence-electron chi connectivity index (χ0n) is 18.6. The van der Waals surface area contributed by atoms with Gasteiger partial charge in [0.25, 0.3) is 11.8 Å². The Morgan fingerprint density at radius 1 is 1.00 bits per heavy atom. The summed E-state index contributed by atoms with van der Waals surface area (Å²) in [6, 6.07) is 18.7. The molecule has 0 saturated heterocycles. The van der Waals surface area contributed by atoms with E-state index in [0.29, 0.717) is 28.6 Å². The first kappa shape index (κ1) is 22.1. The third-order valence-electron chi connectivity index (χ3n) is 5.94. The van der Waals surface area contributed by atoms with Crippen molar-refractivity contribution in [2.45, 2.75) is 39.5 Å². The predicted octanol–water partition coefficient (Wildman–Crippen LogP) is 6.62. The first-order chi connectivity index (χ1) is 15.3. The fourth-order valence-electron chi connectivity index (χ4n) is 4.25. The molecular weight excluding hydrogens is 420 g/mol. The number of aryl methyl sites for hydroxylation is 2. The molecule has 0 saturated carbocycles. The van der Waals surface area contributed by atoms with Crippen molar-refractivity contribution in [2.75, 3.05) is 16.8 Å². The molecule has 0 unspecified atom stereocenters. The molecule has 5 heteroatoms. The summed E-state index contributed by atoms with van der Waals surface area (Å²) in [5.74, 6) is 0.0919. The van der Waals surface area contributed by atoms with Gasteiger partial charge in [-0.25, -0.2) is 0 Å². The van der Waals surface area contributed by atoms with Crippen LogP contribution in [0.5, 0.6) is 0 Å². The van der Waals surface area contributed by atoms with E-state index in [1.165, 1.54) is 0 Å². The largest absolute Gasteiger partial charge is 0.321 e. The average molecular weight is 447 g/mol. The van der Waals surface area contributed by atoms with Crippen molar-refractivity contribution in [3.8, 4) is 0 Å². The number of nitrogens with zero attached hydrogens (tertiary/aromatic N) is 1. The first-order valence-corrected chi connectivity index (χ1v) is 11.3. The minimum atomic E-state index is -0.137. The summed E-state index contributed by atoms with van der Waals surface area (Å²) in [4.78, 5) is 28.0. The highest BCUT2D eigenvalue weighted by atomic mass is 35.5. The van der Waals surface area contributed by atoms with Crippen molar-refractivity contribution < 1.29 is 9.59 Å². The van der Waals surface area contributed by atoms with Gasteiger partial charge in [0.15, 0.2) is 0 Å². The fourth-order valence-corrected chi connectivity index (χ4v) is 4.44. The summed E-state index contributed by atoms with van der Waals surface area (Å²) in [5, 5.41) is 3.65. The smallest absolute Gasteiger partial charge is 0.258 e. The molecule has 0 atom stereocenters. The van der Waals surface area contributed by atoms with E-state index in [-0.39, 0.29) is 11.8 Å². The highest BCUT2D eigenvalue weighted by molar-refractivity contribution is 6.31. The van der Waals surface area contributed by atoms with Gasteiger partial charge in [-0.3, -0.25) is 9.59 Å². The normalized spacial score (nSPS) is 13.1. The minimum absolute atomic E-state index is 0.0767. The fraction of sp³-hybridized carbons (Fsp3) is 0.259. The molecule has 32 heavy (non-hydrogen) atoms. The quantitative estimate of drug-likeness (QED) is 0.489. The molecule has 0 aromatic heterocycles. The van der Waals surface area contributed by atoms with Crippen molar-refractivity contribution in [3.63, 3.8) is 0 Å². The Kier molecular flexibility index (Phi) is 6.33. The second-order valence-electron chi connectivity index (χ2n) is 8.56. The number of hydrogen-bond donors (Lipinski definition) is 1. The van der Waals surface area contributed by atoms with E-state index >= 15 is 0 Å². The van der Waals surface area contributed by atoms with Crippen LogP contribution in [0.2, 0.25) is 5.02 Å². The van der Waals surface area contributed by atoms with Crippen molar-refractivity contribution in [1.82, 2.24) is 0 Å². The van der Waals surface area contributed by atoms with Gasteiger partial charge in [-0.2, -0.15) is 0 Å². The van der Waals surface area contributed by atoms with Crippen molar-refractivity contribution in [2.24, 2.45) is 0 Å². The topological polar surface area (TPSA) is 49.4 Å². The van der Waals surface area contributed by atoms with Crippen LogP contribution in [0.15, 0.2) is 60.7 Å². The van der Waals surface area contributed by atoms with E-state index < -0.39 is 0 Å².